The molecule has 0 saturated heterocycles. The molecule has 0 aromatic heterocycles. The second kappa shape index (κ2) is 13.0. The summed E-state index contributed by atoms with van der Waals surface area (Å²) in [6, 6.07) is 7.30. The highest BCUT2D eigenvalue weighted by atomic mass is 16.5. The lowest BCUT2D eigenvalue weighted by atomic mass is 9.84. The van der Waals surface area contributed by atoms with Gasteiger partial charge in [-0.2, -0.15) is 0 Å². The Bertz CT molecular complexity index is 677. The molecular weight excluding hydrogens is 388 g/mol. The van der Waals surface area contributed by atoms with Crippen LogP contribution in [0.1, 0.15) is 45.1 Å². The molecule has 0 heterocycles. The average Bonchev–Trinajstić information content (AvgIpc) is 2.70. The first kappa shape index (κ1) is 25.6. The summed E-state index contributed by atoms with van der Waals surface area (Å²) in [5, 5.41) is 23.8. The number of hydrogen-bond acceptors (Lipinski definition) is 6. The van der Waals surface area contributed by atoms with Crippen molar-refractivity contribution in [2.24, 2.45) is 5.41 Å². The maximum absolute atomic E-state index is 12.7. The van der Waals surface area contributed by atoms with E-state index in [0.717, 1.165) is 12.0 Å². The molecule has 2 unspecified atom stereocenters. The molecule has 8 heteroatoms. The maximum Gasteiger partial charge on any atom is 0.328 e. The number of carboxylic acids is 1. The number of carbonyl (C=O) groups excluding carboxylic acids is 2. The molecule has 0 fully saturated rings. The predicted molar refractivity (Wildman–Crippen MR) is 113 cm³/mol. The zero-order valence-corrected chi connectivity index (χ0v) is 18.0. The van der Waals surface area contributed by atoms with Gasteiger partial charge in [0.15, 0.2) is 0 Å². The van der Waals surface area contributed by atoms with Gasteiger partial charge < -0.3 is 25.6 Å². The summed E-state index contributed by atoms with van der Waals surface area (Å²) in [7, 11) is 1.24. The normalized spacial score (nSPS) is 13.3. The quantitative estimate of drug-likeness (QED) is 0.335. The summed E-state index contributed by atoms with van der Waals surface area (Å²) in [4.78, 5) is 36.1. The third kappa shape index (κ3) is 9.84. The summed E-state index contributed by atoms with van der Waals surface area (Å²) < 4.78 is 4.80. The van der Waals surface area contributed by atoms with Crippen molar-refractivity contribution in [2.45, 2.75) is 58.0 Å². The highest BCUT2D eigenvalue weighted by molar-refractivity contribution is 5.90. The van der Waals surface area contributed by atoms with Gasteiger partial charge in [0.1, 0.15) is 6.04 Å². The topological polar surface area (TPSA) is 125 Å². The molecule has 1 amide bonds. The Hall–Kier alpha value is -2.45. The van der Waals surface area contributed by atoms with E-state index in [9.17, 15) is 19.5 Å². The number of nitrogens with one attached hydrogen (secondary N) is 2. The van der Waals surface area contributed by atoms with E-state index in [0.29, 0.717) is 19.4 Å². The largest absolute Gasteiger partial charge is 0.481 e. The average molecular weight is 423 g/mol. The van der Waals surface area contributed by atoms with E-state index in [4.69, 9.17) is 9.84 Å². The molecule has 0 radical (unpaired) electrons. The van der Waals surface area contributed by atoms with Crippen molar-refractivity contribution in [1.29, 1.82) is 0 Å². The molecule has 30 heavy (non-hydrogen) atoms. The molecule has 0 aliphatic carbocycles. The van der Waals surface area contributed by atoms with Crippen molar-refractivity contribution in [3.05, 3.63) is 35.9 Å². The Morgan fingerprint density at radius 2 is 1.77 bits per heavy atom. The molecule has 8 nitrogen and oxygen atoms in total. The Labute approximate surface area is 178 Å². The summed E-state index contributed by atoms with van der Waals surface area (Å²) in [6.45, 7) is 4.68. The first-order valence-electron chi connectivity index (χ1n) is 10.2. The fraction of sp³-hybridized carbons (Fsp3) is 0.591. The van der Waals surface area contributed by atoms with Crippen molar-refractivity contribution in [3.8, 4) is 0 Å². The van der Waals surface area contributed by atoms with Crippen LogP contribution in [0.2, 0.25) is 0 Å². The molecule has 0 spiro atoms. The molecule has 2 atom stereocenters. The van der Waals surface area contributed by atoms with Gasteiger partial charge in [0.05, 0.1) is 19.6 Å². The number of carbonyl (C=O) groups is 3. The molecule has 4 N–H and O–H groups in total. The second-order valence-electron chi connectivity index (χ2n) is 8.12. The molecule has 1 rings (SSSR count). The van der Waals surface area contributed by atoms with Gasteiger partial charge in [-0.3, -0.25) is 9.59 Å². The number of ether oxygens (including phenoxy) is 1. The first-order chi connectivity index (χ1) is 14.2. The van der Waals surface area contributed by atoms with Gasteiger partial charge in [0.2, 0.25) is 5.91 Å². The number of rotatable bonds is 14. The van der Waals surface area contributed by atoms with Gasteiger partial charge in [-0.25, -0.2) is 4.79 Å². The molecular formula is C22H34N2O6. The predicted octanol–water partition coefficient (Wildman–Crippen LogP) is 1.51. The Balaban J connectivity index is 2.76. The van der Waals surface area contributed by atoms with Crippen LogP contribution in [-0.2, 0) is 25.5 Å². The fourth-order valence-corrected chi connectivity index (χ4v) is 3.16. The molecule has 0 saturated carbocycles. The van der Waals surface area contributed by atoms with Crippen LogP contribution in [0.3, 0.4) is 0 Å². The zero-order valence-electron chi connectivity index (χ0n) is 18.0. The molecule has 0 aliphatic rings. The van der Waals surface area contributed by atoms with E-state index in [1.54, 1.807) is 0 Å². The standard InChI is InChI=1S/C22H34N2O6/c1-22(2,10-7-13-25)11-12-23-17(15-19(26)27)20(28)24-18(21(29)30-3)14-16-8-5-4-6-9-16/h4-6,8-9,17-18,23,25H,7,10-15H2,1-3H3,(H,24,28)(H,26,27). The number of carboxylic acid groups (broad SMARTS) is 1. The molecule has 168 valence electrons. The monoisotopic (exact) mass is 422 g/mol. The van der Waals surface area contributed by atoms with E-state index < -0.39 is 36.4 Å². The highest BCUT2D eigenvalue weighted by Crippen LogP contribution is 2.25. The van der Waals surface area contributed by atoms with Gasteiger partial charge in [0.25, 0.3) is 0 Å². The van der Waals surface area contributed by atoms with Crippen LogP contribution in [0.5, 0.6) is 0 Å². The van der Waals surface area contributed by atoms with Crippen LogP contribution in [-0.4, -0.2) is 60.4 Å². The number of methoxy groups -OCH3 is 1. The number of esters is 1. The lowest BCUT2D eigenvalue weighted by molar-refractivity contribution is -0.145. The van der Waals surface area contributed by atoms with Gasteiger partial charge >= 0.3 is 11.9 Å². The number of aliphatic hydroxyl groups excluding tert-OH is 1. The minimum absolute atomic E-state index is 0.0537. The van der Waals surface area contributed by atoms with E-state index in [1.807, 2.05) is 30.3 Å². The smallest absolute Gasteiger partial charge is 0.328 e. The Morgan fingerprint density at radius 1 is 1.10 bits per heavy atom. The van der Waals surface area contributed by atoms with Crippen molar-refractivity contribution < 1.29 is 29.3 Å². The van der Waals surface area contributed by atoms with Crippen molar-refractivity contribution in [3.63, 3.8) is 0 Å². The number of aliphatic carboxylic acids is 1. The first-order valence-corrected chi connectivity index (χ1v) is 10.2. The van der Waals surface area contributed by atoms with Crippen LogP contribution in [0.25, 0.3) is 0 Å². The summed E-state index contributed by atoms with van der Waals surface area (Å²) in [5.41, 5.74) is 0.795. The van der Waals surface area contributed by atoms with E-state index >= 15 is 0 Å². The van der Waals surface area contributed by atoms with Crippen LogP contribution in [0.4, 0.5) is 0 Å². The SMILES string of the molecule is COC(=O)C(Cc1ccccc1)NC(=O)C(CC(=O)O)NCCC(C)(C)CCCO. The molecule has 0 aliphatic heterocycles. The molecule has 1 aromatic carbocycles. The number of aliphatic hydroxyl groups is 1. The van der Waals surface area contributed by atoms with E-state index in [2.05, 4.69) is 24.5 Å². The third-order valence-corrected chi connectivity index (χ3v) is 4.98. The Kier molecular flexibility index (Phi) is 11.1. The number of benzene rings is 1. The fourth-order valence-electron chi connectivity index (χ4n) is 3.16. The van der Waals surface area contributed by atoms with Crippen molar-refractivity contribution in [2.75, 3.05) is 20.3 Å². The van der Waals surface area contributed by atoms with Gasteiger partial charge in [-0.15, -0.1) is 0 Å². The number of hydrogen-bond donors (Lipinski definition) is 4. The van der Waals surface area contributed by atoms with Crippen molar-refractivity contribution >= 4 is 17.8 Å². The van der Waals surface area contributed by atoms with Crippen LogP contribution in [0, 0.1) is 5.41 Å². The lowest BCUT2D eigenvalue weighted by Gasteiger charge is -2.26. The van der Waals surface area contributed by atoms with Crippen LogP contribution >= 0.6 is 0 Å². The van der Waals surface area contributed by atoms with Gasteiger partial charge in [0, 0.05) is 13.0 Å². The maximum atomic E-state index is 12.7. The van der Waals surface area contributed by atoms with Crippen LogP contribution < -0.4 is 10.6 Å². The van der Waals surface area contributed by atoms with Gasteiger partial charge in [-0.1, -0.05) is 44.2 Å². The number of amides is 1. The summed E-state index contributed by atoms with van der Waals surface area (Å²) >= 11 is 0. The minimum atomic E-state index is -1.11. The summed E-state index contributed by atoms with van der Waals surface area (Å²) in [6.07, 6.45) is 2.06. The highest BCUT2D eigenvalue weighted by Gasteiger charge is 2.28. The second-order valence-corrected chi connectivity index (χ2v) is 8.12. The molecule has 1 aromatic rings. The van der Waals surface area contributed by atoms with Crippen LogP contribution in [0.15, 0.2) is 30.3 Å². The zero-order chi connectivity index (χ0) is 22.6. The van der Waals surface area contributed by atoms with E-state index in [1.165, 1.54) is 7.11 Å². The third-order valence-electron chi connectivity index (χ3n) is 4.98. The molecule has 0 bridgehead atoms. The minimum Gasteiger partial charge on any atom is -0.481 e. The Morgan fingerprint density at radius 3 is 2.33 bits per heavy atom. The van der Waals surface area contributed by atoms with Gasteiger partial charge in [-0.05, 0) is 36.8 Å². The lowest BCUT2D eigenvalue weighted by Crippen LogP contribution is -2.52. The van der Waals surface area contributed by atoms with E-state index in [-0.39, 0.29) is 18.4 Å². The van der Waals surface area contributed by atoms with Crippen molar-refractivity contribution in [1.82, 2.24) is 10.6 Å². The summed E-state index contributed by atoms with van der Waals surface area (Å²) in [5.74, 6) is -2.26.